The normalized spacial score (nSPS) is 9.81. The molecule has 1 amide bonds. The summed E-state index contributed by atoms with van der Waals surface area (Å²) in [5.74, 6) is -0.559. The molecule has 0 bridgehead atoms. The fourth-order valence-corrected chi connectivity index (χ4v) is 1.09. The van der Waals surface area contributed by atoms with Gasteiger partial charge in [-0.25, -0.2) is 0 Å². The van der Waals surface area contributed by atoms with Crippen molar-refractivity contribution in [3.63, 3.8) is 0 Å². The Labute approximate surface area is 92.9 Å². The minimum absolute atomic E-state index is 0.233. The average molecular weight is 226 g/mol. The van der Waals surface area contributed by atoms with Gasteiger partial charge in [0.1, 0.15) is 6.26 Å². The Bertz CT molecular complexity index is 335. The van der Waals surface area contributed by atoms with Gasteiger partial charge in [-0.3, -0.25) is 9.59 Å². The highest BCUT2D eigenvalue weighted by Gasteiger charge is 2.08. The van der Waals surface area contributed by atoms with Crippen molar-refractivity contribution in [2.24, 2.45) is 0 Å². The second kappa shape index (κ2) is 6.60. The first-order chi connectivity index (χ1) is 7.74. The standard InChI is InChI=1S/C10H14N2O4/c1-2-15-9(13)4-3-6-11-10(14)8-5-7-16-12-8/h5,7H,2-4,6H2,1H3,(H,11,14). The number of hydrogen-bond acceptors (Lipinski definition) is 5. The van der Waals surface area contributed by atoms with Gasteiger partial charge in [0.05, 0.1) is 6.61 Å². The Morgan fingerprint density at radius 3 is 3.00 bits per heavy atom. The van der Waals surface area contributed by atoms with E-state index in [9.17, 15) is 9.59 Å². The summed E-state index contributed by atoms with van der Waals surface area (Å²) in [4.78, 5) is 22.3. The fourth-order valence-electron chi connectivity index (χ4n) is 1.09. The second-order valence-corrected chi connectivity index (χ2v) is 3.05. The summed E-state index contributed by atoms with van der Waals surface area (Å²) in [5, 5.41) is 6.09. The molecule has 0 saturated heterocycles. The molecule has 0 aliphatic rings. The molecule has 0 fully saturated rings. The smallest absolute Gasteiger partial charge is 0.305 e. The van der Waals surface area contributed by atoms with Crippen molar-refractivity contribution in [3.8, 4) is 0 Å². The van der Waals surface area contributed by atoms with Crippen molar-refractivity contribution in [3.05, 3.63) is 18.0 Å². The van der Waals surface area contributed by atoms with Gasteiger partial charge in [-0.15, -0.1) is 0 Å². The summed E-state index contributed by atoms with van der Waals surface area (Å²) in [5.41, 5.74) is 0.233. The molecule has 0 spiro atoms. The third kappa shape index (κ3) is 4.12. The van der Waals surface area contributed by atoms with E-state index in [-0.39, 0.29) is 17.6 Å². The maximum atomic E-state index is 11.3. The Kier molecular flexibility index (Phi) is 5.04. The fraction of sp³-hybridized carbons (Fsp3) is 0.500. The van der Waals surface area contributed by atoms with Gasteiger partial charge in [0, 0.05) is 19.0 Å². The van der Waals surface area contributed by atoms with Crippen LogP contribution in [0.2, 0.25) is 0 Å². The minimum atomic E-state index is -0.308. The SMILES string of the molecule is CCOC(=O)CCCNC(=O)c1ccon1. The number of amides is 1. The van der Waals surface area contributed by atoms with E-state index in [1.54, 1.807) is 6.92 Å². The van der Waals surface area contributed by atoms with Crippen LogP contribution < -0.4 is 5.32 Å². The Balaban J connectivity index is 2.12. The third-order valence-electron chi connectivity index (χ3n) is 1.82. The summed E-state index contributed by atoms with van der Waals surface area (Å²) >= 11 is 0. The lowest BCUT2D eigenvalue weighted by molar-refractivity contribution is -0.143. The van der Waals surface area contributed by atoms with Crippen LogP contribution in [0.25, 0.3) is 0 Å². The third-order valence-corrected chi connectivity index (χ3v) is 1.82. The molecule has 1 aromatic rings. The highest BCUT2D eigenvalue weighted by Crippen LogP contribution is 1.95. The van der Waals surface area contributed by atoms with Gasteiger partial charge in [0.2, 0.25) is 0 Å². The van der Waals surface area contributed by atoms with E-state index in [1.165, 1.54) is 12.3 Å². The highest BCUT2D eigenvalue weighted by atomic mass is 16.5. The van der Waals surface area contributed by atoms with E-state index in [1.807, 2.05) is 0 Å². The van der Waals surface area contributed by atoms with E-state index < -0.39 is 0 Å². The van der Waals surface area contributed by atoms with Crippen LogP contribution in [0.1, 0.15) is 30.3 Å². The molecule has 0 aliphatic heterocycles. The molecule has 88 valence electrons. The molecule has 1 heterocycles. The van der Waals surface area contributed by atoms with Crippen molar-refractivity contribution in [1.29, 1.82) is 0 Å². The summed E-state index contributed by atoms with van der Waals surface area (Å²) in [7, 11) is 0. The number of carbonyl (C=O) groups excluding carboxylic acids is 2. The summed E-state index contributed by atoms with van der Waals surface area (Å²) in [6.45, 7) is 2.54. The largest absolute Gasteiger partial charge is 0.466 e. The van der Waals surface area contributed by atoms with E-state index in [2.05, 4.69) is 15.0 Å². The lowest BCUT2D eigenvalue weighted by atomic mass is 10.3. The lowest BCUT2D eigenvalue weighted by Gasteiger charge is -2.02. The van der Waals surface area contributed by atoms with Crippen LogP contribution in [0, 0.1) is 0 Å². The maximum absolute atomic E-state index is 11.3. The molecule has 0 radical (unpaired) electrons. The molecule has 0 unspecified atom stereocenters. The summed E-state index contributed by atoms with van der Waals surface area (Å²) in [6, 6.07) is 1.47. The molecule has 1 N–H and O–H groups in total. The second-order valence-electron chi connectivity index (χ2n) is 3.05. The van der Waals surface area contributed by atoms with Crippen molar-refractivity contribution in [1.82, 2.24) is 10.5 Å². The molecule has 0 saturated carbocycles. The van der Waals surface area contributed by atoms with Gasteiger partial charge < -0.3 is 14.6 Å². The van der Waals surface area contributed by atoms with Crippen molar-refractivity contribution in [2.75, 3.05) is 13.2 Å². The van der Waals surface area contributed by atoms with Gasteiger partial charge in [-0.1, -0.05) is 5.16 Å². The number of carbonyl (C=O) groups is 2. The number of esters is 1. The average Bonchev–Trinajstić information content (AvgIpc) is 2.78. The number of nitrogens with zero attached hydrogens (tertiary/aromatic N) is 1. The predicted molar refractivity (Wildman–Crippen MR) is 54.7 cm³/mol. The van der Waals surface area contributed by atoms with E-state index >= 15 is 0 Å². The summed E-state index contributed by atoms with van der Waals surface area (Å²) in [6.07, 6.45) is 2.17. The van der Waals surface area contributed by atoms with Gasteiger partial charge in [-0.2, -0.15) is 0 Å². The molecule has 1 aromatic heterocycles. The van der Waals surface area contributed by atoms with Gasteiger partial charge >= 0.3 is 5.97 Å². The first-order valence-electron chi connectivity index (χ1n) is 5.08. The first-order valence-corrected chi connectivity index (χ1v) is 5.08. The lowest BCUT2D eigenvalue weighted by Crippen LogP contribution is -2.25. The number of ether oxygens (including phenoxy) is 1. The van der Waals surface area contributed by atoms with E-state index in [0.717, 1.165) is 0 Å². The van der Waals surface area contributed by atoms with Gasteiger partial charge in [0.15, 0.2) is 5.69 Å². The topological polar surface area (TPSA) is 81.4 Å². The quantitative estimate of drug-likeness (QED) is 0.571. The molecule has 6 heteroatoms. The molecule has 1 rings (SSSR count). The maximum Gasteiger partial charge on any atom is 0.305 e. The van der Waals surface area contributed by atoms with Crippen LogP contribution in [-0.2, 0) is 9.53 Å². The number of nitrogens with one attached hydrogen (secondary N) is 1. The van der Waals surface area contributed by atoms with Crippen LogP contribution >= 0.6 is 0 Å². The first kappa shape index (κ1) is 12.2. The van der Waals surface area contributed by atoms with Crippen LogP contribution in [0.5, 0.6) is 0 Å². The predicted octanol–water partition coefficient (Wildman–Crippen LogP) is 0.748. The molecule has 6 nitrogen and oxygen atoms in total. The molecule has 0 aromatic carbocycles. The molecular formula is C10H14N2O4. The van der Waals surface area contributed by atoms with Crippen molar-refractivity contribution in [2.45, 2.75) is 19.8 Å². The van der Waals surface area contributed by atoms with Crippen molar-refractivity contribution >= 4 is 11.9 Å². The highest BCUT2D eigenvalue weighted by molar-refractivity contribution is 5.91. The van der Waals surface area contributed by atoms with Gasteiger partial charge in [0.25, 0.3) is 5.91 Å². The molecular weight excluding hydrogens is 212 g/mol. The van der Waals surface area contributed by atoms with Crippen LogP contribution in [0.3, 0.4) is 0 Å². The monoisotopic (exact) mass is 226 g/mol. The Morgan fingerprint density at radius 2 is 2.38 bits per heavy atom. The number of rotatable bonds is 6. The van der Waals surface area contributed by atoms with E-state index in [0.29, 0.717) is 26.0 Å². The Morgan fingerprint density at radius 1 is 1.56 bits per heavy atom. The van der Waals surface area contributed by atoms with E-state index in [4.69, 9.17) is 4.74 Å². The summed E-state index contributed by atoms with van der Waals surface area (Å²) < 4.78 is 9.27. The zero-order valence-corrected chi connectivity index (χ0v) is 9.06. The number of aromatic nitrogens is 1. The van der Waals surface area contributed by atoms with Crippen molar-refractivity contribution < 1.29 is 18.8 Å². The molecule has 0 aliphatic carbocycles. The van der Waals surface area contributed by atoms with Crippen LogP contribution in [0.4, 0.5) is 0 Å². The van der Waals surface area contributed by atoms with Crippen LogP contribution in [0.15, 0.2) is 16.9 Å². The van der Waals surface area contributed by atoms with Crippen LogP contribution in [-0.4, -0.2) is 30.2 Å². The Hall–Kier alpha value is -1.85. The molecule has 0 atom stereocenters. The minimum Gasteiger partial charge on any atom is -0.466 e. The van der Waals surface area contributed by atoms with Gasteiger partial charge in [-0.05, 0) is 13.3 Å². The zero-order chi connectivity index (χ0) is 11.8. The molecule has 16 heavy (non-hydrogen) atoms. The zero-order valence-electron chi connectivity index (χ0n) is 9.06. The number of hydrogen-bond donors (Lipinski definition) is 1.